The molecular formula is C14H12N4. The molecule has 88 valence electrons. The van der Waals surface area contributed by atoms with Crippen LogP contribution in [0.5, 0.6) is 0 Å². The van der Waals surface area contributed by atoms with Crippen LogP contribution in [0.4, 0.5) is 5.82 Å². The molecule has 3 aromatic rings. The van der Waals surface area contributed by atoms with Gasteiger partial charge in [-0.1, -0.05) is 30.3 Å². The number of aromatic nitrogens is 3. The van der Waals surface area contributed by atoms with Crippen molar-refractivity contribution in [1.29, 1.82) is 0 Å². The first-order valence-electron chi connectivity index (χ1n) is 5.64. The number of nitrogens with zero attached hydrogens (tertiary/aromatic N) is 3. The summed E-state index contributed by atoms with van der Waals surface area (Å²) < 4.78 is 1.93. The molecule has 0 radical (unpaired) electrons. The smallest absolute Gasteiger partial charge is 0.123 e. The maximum atomic E-state index is 5.57. The standard InChI is InChI=1S/C14H12N4/c15-14-7-6-12(8-16-14)18-9-13(17-10-18)11-4-2-1-3-5-11/h1-10H,(H2,15,16). The van der Waals surface area contributed by atoms with E-state index >= 15 is 0 Å². The summed E-state index contributed by atoms with van der Waals surface area (Å²) in [4.78, 5) is 8.46. The number of hydrogen-bond acceptors (Lipinski definition) is 3. The van der Waals surface area contributed by atoms with E-state index in [1.54, 1.807) is 18.6 Å². The third kappa shape index (κ3) is 1.96. The molecular weight excluding hydrogens is 224 g/mol. The predicted molar refractivity (Wildman–Crippen MR) is 71.2 cm³/mol. The number of benzene rings is 1. The van der Waals surface area contributed by atoms with Gasteiger partial charge in [-0.05, 0) is 12.1 Å². The first-order chi connectivity index (χ1) is 8.83. The van der Waals surface area contributed by atoms with E-state index in [1.165, 1.54) is 0 Å². The van der Waals surface area contributed by atoms with Gasteiger partial charge in [-0.2, -0.15) is 0 Å². The minimum absolute atomic E-state index is 0.516. The van der Waals surface area contributed by atoms with Gasteiger partial charge in [0, 0.05) is 11.8 Å². The van der Waals surface area contributed by atoms with Crippen molar-refractivity contribution in [3.8, 4) is 16.9 Å². The zero-order chi connectivity index (χ0) is 12.4. The van der Waals surface area contributed by atoms with Crippen LogP contribution in [0, 0.1) is 0 Å². The minimum Gasteiger partial charge on any atom is -0.384 e. The Bertz CT molecular complexity index is 641. The Hall–Kier alpha value is -2.62. The lowest BCUT2D eigenvalue weighted by Crippen LogP contribution is -1.94. The second kappa shape index (κ2) is 4.33. The van der Waals surface area contributed by atoms with E-state index in [1.807, 2.05) is 47.2 Å². The van der Waals surface area contributed by atoms with Gasteiger partial charge >= 0.3 is 0 Å². The molecule has 0 aliphatic carbocycles. The van der Waals surface area contributed by atoms with E-state index in [9.17, 15) is 0 Å². The van der Waals surface area contributed by atoms with Crippen LogP contribution in [0.2, 0.25) is 0 Å². The molecule has 0 aliphatic rings. The fourth-order valence-electron chi connectivity index (χ4n) is 1.77. The first-order valence-corrected chi connectivity index (χ1v) is 5.64. The molecule has 0 spiro atoms. The van der Waals surface area contributed by atoms with Crippen molar-refractivity contribution < 1.29 is 0 Å². The summed E-state index contributed by atoms with van der Waals surface area (Å²) in [5.74, 6) is 0.516. The van der Waals surface area contributed by atoms with E-state index in [2.05, 4.69) is 9.97 Å². The van der Waals surface area contributed by atoms with Crippen LogP contribution in [0.3, 0.4) is 0 Å². The Labute approximate surface area is 105 Å². The number of anilines is 1. The summed E-state index contributed by atoms with van der Waals surface area (Å²) in [7, 11) is 0. The van der Waals surface area contributed by atoms with Crippen molar-refractivity contribution in [2.75, 3.05) is 5.73 Å². The Morgan fingerprint density at radius 1 is 0.944 bits per heavy atom. The van der Waals surface area contributed by atoms with Crippen LogP contribution in [-0.2, 0) is 0 Å². The molecule has 0 bridgehead atoms. The SMILES string of the molecule is Nc1ccc(-n2cnc(-c3ccccc3)c2)cn1. The van der Waals surface area contributed by atoms with Gasteiger partial charge in [0.1, 0.15) is 5.82 Å². The Balaban J connectivity index is 1.97. The Morgan fingerprint density at radius 2 is 1.78 bits per heavy atom. The molecule has 0 aliphatic heterocycles. The number of hydrogen-bond donors (Lipinski definition) is 1. The van der Waals surface area contributed by atoms with E-state index in [4.69, 9.17) is 5.73 Å². The van der Waals surface area contributed by atoms with Crippen molar-refractivity contribution in [2.45, 2.75) is 0 Å². The van der Waals surface area contributed by atoms with E-state index in [0.717, 1.165) is 16.9 Å². The van der Waals surface area contributed by atoms with E-state index in [0.29, 0.717) is 5.82 Å². The van der Waals surface area contributed by atoms with Crippen LogP contribution in [0.25, 0.3) is 16.9 Å². The average Bonchev–Trinajstić information content (AvgIpc) is 2.90. The molecule has 4 heteroatoms. The normalized spacial score (nSPS) is 10.4. The highest BCUT2D eigenvalue weighted by Crippen LogP contribution is 2.18. The van der Waals surface area contributed by atoms with Gasteiger partial charge in [-0.25, -0.2) is 9.97 Å². The molecule has 0 amide bonds. The Morgan fingerprint density at radius 3 is 2.50 bits per heavy atom. The van der Waals surface area contributed by atoms with Gasteiger partial charge in [0.25, 0.3) is 0 Å². The predicted octanol–water partition coefficient (Wildman–Crippen LogP) is 2.52. The second-order valence-corrected chi connectivity index (χ2v) is 3.97. The molecule has 0 saturated carbocycles. The number of imidazole rings is 1. The van der Waals surface area contributed by atoms with Gasteiger partial charge in [0.2, 0.25) is 0 Å². The summed E-state index contributed by atoms with van der Waals surface area (Å²) in [6, 6.07) is 13.8. The summed E-state index contributed by atoms with van der Waals surface area (Å²) >= 11 is 0. The fourth-order valence-corrected chi connectivity index (χ4v) is 1.77. The lowest BCUT2D eigenvalue weighted by molar-refractivity contribution is 1.04. The van der Waals surface area contributed by atoms with Gasteiger partial charge in [0.15, 0.2) is 0 Å². The third-order valence-corrected chi connectivity index (χ3v) is 2.72. The van der Waals surface area contributed by atoms with Crippen molar-refractivity contribution in [2.24, 2.45) is 0 Å². The van der Waals surface area contributed by atoms with Gasteiger partial charge in [0.05, 0.1) is 23.9 Å². The Kier molecular flexibility index (Phi) is 2.53. The van der Waals surface area contributed by atoms with Gasteiger partial charge in [-0.3, -0.25) is 0 Å². The molecule has 0 unspecified atom stereocenters. The summed E-state index contributed by atoms with van der Waals surface area (Å²) in [6.07, 6.45) is 5.48. The molecule has 1 aromatic carbocycles. The summed E-state index contributed by atoms with van der Waals surface area (Å²) in [6.45, 7) is 0. The number of nitrogens with two attached hydrogens (primary N) is 1. The summed E-state index contributed by atoms with van der Waals surface area (Å²) in [5.41, 5.74) is 8.54. The van der Waals surface area contributed by atoms with Crippen molar-refractivity contribution >= 4 is 5.82 Å². The van der Waals surface area contributed by atoms with Crippen LogP contribution >= 0.6 is 0 Å². The van der Waals surface area contributed by atoms with Crippen LogP contribution in [0.15, 0.2) is 61.2 Å². The molecule has 3 rings (SSSR count). The number of rotatable bonds is 2. The number of nitrogen functional groups attached to an aromatic ring is 1. The maximum Gasteiger partial charge on any atom is 0.123 e. The molecule has 4 nitrogen and oxygen atoms in total. The maximum absolute atomic E-state index is 5.57. The zero-order valence-electron chi connectivity index (χ0n) is 9.69. The molecule has 2 heterocycles. The van der Waals surface area contributed by atoms with Gasteiger partial charge < -0.3 is 10.3 Å². The van der Waals surface area contributed by atoms with Crippen LogP contribution in [0.1, 0.15) is 0 Å². The largest absolute Gasteiger partial charge is 0.384 e. The molecule has 2 N–H and O–H groups in total. The van der Waals surface area contributed by atoms with Gasteiger partial charge in [-0.15, -0.1) is 0 Å². The summed E-state index contributed by atoms with van der Waals surface area (Å²) in [5, 5.41) is 0. The molecule has 0 saturated heterocycles. The molecule has 0 fully saturated rings. The number of pyridine rings is 1. The minimum atomic E-state index is 0.516. The van der Waals surface area contributed by atoms with Crippen molar-refractivity contribution in [1.82, 2.24) is 14.5 Å². The van der Waals surface area contributed by atoms with Crippen molar-refractivity contribution in [3.63, 3.8) is 0 Å². The lowest BCUT2D eigenvalue weighted by atomic mass is 10.2. The molecule has 2 aromatic heterocycles. The van der Waals surface area contributed by atoms with Crippen molar-refractivity contribution in [3.05, 3.63) is 61.2 Å². The third-order valence-electron chi connectivity index (χ3n) is 2.72. The first kappa shape index (κ1) is 10.5. The molecule has 18 heavy (non-hydrogen) atoms. The van der Waals surface area contributed by atoms with Crippen LogP contribution in [-0.4, -0.2) is 14.5 Å². The monoisotopic (exact) mass is 236 g/mol. The topological polar surface area (TPSA) is 56.7 Å². The highest BCUT2D eigenvalue weighted by molar-refractivity contribution is 5.58. The van der Waals surface area contributed by atoms with E-state index in [-0.39, 0.29) is 0 Å². The lowest BCUT2D eigenvalue weighted by Gasteiger charge is -2.00. The average molecular weight is 236 g/mol. The molecule has 0 atom stereocenters. The quantitative estimate of drug-likeness (QED) is 0.743. The highest BCUT2D eigenvalue weighted by Gasteiger charge is 2.03. The fraction of sp³-hybridized carbons (Fsp3) is 0. The zero-order valence-corrected chi connectivity index (χ0v) is 9.69. The second-order valence-electron chi connectivity index (χ2n) is 3.97. The highest BCUT2D eigenvalue weighted by atomic mass is 15.0. The van der Waals surface area contributed by atoms with Crippen LogP contribution < -0.4 is 5.73 Å². The van der Waals surface area contributed by atoms with E-state index < -0.39 is 0 Å².